The van der Waals surface area contributed by atoms with Crippen molar-refractivity contribution < 1.29 is 19.7 Å². The van der Waals surface area contributed by atoms with Gasteiger partial charge in [-0.25, -0.2) is 0 Å². The number of rotatable bonds is 3. The number of carbonyl (C=O) groups excluding carboxylic acids is 1. The van der Waals surface area contributed by atoms with Gasteiger partial charge in [0.2, 0.25) is 0 Å². The van der Waals surface area contributed by atoms with Gasteiger partial charge in [-0.3, -0.25) is 4.79 Å². The lowest BCUT2D eigenvalue weighted by Crippen LogP contribution is -2.41. The molecule has 0 bridgehead atoms. The number of phenols is 2. The summed E-state index contributed by atoms with van der Waals surface area (Å²) in [6.07, 6.45) is 3.22. The van der Waals surface area contributed by atoms with Crippen molar-refractivity contribution in [1.29, 1.82) is 0 Å². The molecule has 1 aromatic carbocycles. The molecule has 1 heterocycles. The summed E-state index contributed by atoms with van der Waals surface area (Å²) in [7, 11) is 0. The Balaban J connectivity index is 1.72. The van der Waals surface area contributed by atoms with Gasteiger partial charge in [0.05, 0.1) is 17.7 Å². The topological polar surface area (TPSA) is 78.8 Å². The summed E-state index contributed by atoms with van der Waals surface area (Å²) in [5, 5.41) is 22.0. The van der Waals surface area contributed by atoms with Crippen LogP contribution in [0.1, 0.15) is 29.6 Å². The van der Waals surface area contributed by atoms with Crippen LogP contribution < -0.4 is 5.32 Å². The molecule has 1 aromatic rings. The SMILES string of the molecule is O=C(NC1CCOC1C1CC1)c1cccc(O)c1O. The lowest BCUT2D eigenvalue weighted by molar-refractivity contribution is 0.0728. The van der Waals surface area contributed by atoms with Gasteiger partial charge < -0.3 is 20.3 Å². The predicted octanol–water partition coefficient (Wildman–Crippen LogP) is 1.40. The molecule has 1 aliphatic carbocycles. The average molecular weight is 263 g/mol. The Morgan fingerprint density at radius 1 is 1.26 bits per heavy atom. The minimum Gasteiger partial charge on any atom is -0.504 e. The first-order valence-electron chi connectivity index (χ1n) is 6.60. The highest BCUT2D eigenvalue weighted by Gasteiger charge is 2.41. The largest absolute Gasteiger partial charge is 0.504 e. The first-order valence-corrected chi connectivity index (χ1v) is 6.60. The zero-order valence-electron chi connectivity index (χ0n) is 10.5. The minimum absolute atomic E-state index is 0.00162. The molecule has 1 aliphatic heterocycles. The number of hydrogen-bond donors (Lipinski definition) is 3. The third-order valence-electron chi connectivity index (χ3n) is 3.80. The summed E-state index contributed by atoms with van der Waals surface area (Å²) < 4.78 is 5.65. The van der Waals surface area contributed by atoms with Gasteiger partial charge in [0.1, 0.15) is 0 Å². The normalized spacial score (nSPS) is 26.3. The van der Waals surface area contributed by atoms with E-state index in [0.29, 0.717) is 12.5 Å². The maximum Gasteiger partial charge on any atom is 0.255 e. The molecule has 102 valence electrons. The quantitative estimate of drug-likeness (QED) is 0.720. The molecule has 19 heavy (non-hydrogen) atoms. The van der Waals surface area contributed by atoms with Crippen LogP contribution in [0.4, 0.5) is 0 Å². The van der Waals surface area contributed by atoms with E-state index >= 15 is 0 Å². The highest BCUT2D eigenvalue weighted by molar-refractivity contribution is 5.97. The van der Waals surface area contributed by atoms with Gasteiger partial charge in [-0.2, -0.15) is 0 Å². The maximum absolute atomic E-state index is 12.1. The smallest absolute Gasteiger partial charge is 0.255 e. The van der Waals surface area contributed by atoms with Crippen LogP contribution >= 0.6 is 0 Å². The first kappa shape index (κ1) is 12.3. The third kappa shape index (κ3) is 2.38. The Hall–Kier alpha value is -1.75. The lowest BCUT2D eigenvalue weighted by atomic mass is 10.1. The summed E-state index contributed by atoms with van der Waals surface area (Å²) in [6.45, 7) is 0.665. The van der Waals surface area contributed by atoms with Crippen molar-refractivity contribution in [3.05, 3.63) is 23.8 Å². The molecule has 1 amide bonds. The van der Waals surface area contributed by atoms with E-state index in [4.69, 9.17) is 4.74 Å². The van der Waals surface area contributed by atoms with Crippen molar-refractivity contribution in [2.75, 3.05) is 6.61 Å². The molecule has 0 aromatic heterocycles. The lowest BCUT2D eigenvalue weighted by Gasteiger charge is -2.19. The van der Waals surface area contributed by atoms with E-state index in [0.717, 1.165) is 19.3 Å². The molecule has 5 heteroatoms. The fourth-order valence-electron chi connectivity index (χ4n) is 2.62. The van der Waals surface area contributed by atoms with Crippen molar-refractivity contribution in [3.8, 4) is 11.5 Å². The molecule has 2 aliphatic rings. The molecule has 2 fully saturated rings. The third-order valence-corrected chi connectivity index (χ3v) is 3.80. The van der Waals surface area contributed by atoms with Gasteiger partial charge in [0, 0.05) is 6.61 Å². The Labute approximate surface area is 111 Å². The van der Waals surface area contributed by atoms with E-state index < -0.39 is 0 Å². The highest BCUT2D eigenvalue weighted by Crippen LogP contribution is 2.39. The van der Waals surface area contributed by atoms with E-state index in [1.807, 2.05) is 0 Å². The molecule has 3 N–H and O–H groups in total. The number of aromatic hydroxyl groups is 2. The molecule has 2 unspecified atom stereocenters. The second-order valence-electron chi connectivity index (χ2n) is 5.21. The van der Waals surface area contributed by atoms with Crippen LogP contribution in [0.3, 0.4) is 0 Å². The maximum atomic E-state index is 12.1. The zero-order chi connectivity index (χ0) is 13.4. The number of carbonyl (C=O) groups is 1. The minimum atomic E-state index is -0.373. The predicted molar refractivity (Wildman–Crippen MR) is 68.1 cm³/mol. The average Bonchev–Trinajstić information content (AvgIpc) is 3.13. The van der Waals surface area contributed by atoms with Gasteiger partial charge in [-0.15, -0.1) is 0 Å². The van der Waals surface area contributed by atoms with Crippen LogP contribution in [0.25, 0.3) is 0 Å². The fourth-order valence-corrected chi connectivity index (χ4v) is 2.62. The number of phenolic OH excluding ortho intramolecular Hbond substituents is 2. The molecule has 0 radical (unpaired) electrons. The number of nitrogens with one attached hydrogen (secondary N) is 1. The Kier molecular flexibility index (Phi) is 3.06. The molecular weight excluding hydrogens is 246 g/mol. The van der Waals surface area contributed by atoms with Gasteiger partial charge >= 0.3 is 0 Å². The van der Waals surface area contributed by atoms with Crippen LogP contribution in [-0.4, -0.2) is 34.9 Å². The van der Waals surface area contributed by atoms with Gasteiger partial charge in [-0.1, -0.05) is 6.07 Å². The van der Waals surface area contributed by atoms with E-state index in [1.165, 1.54) is 18.2 Å². The Morgan fingerprint density at radius 2 is 2.05 bits per heavy atom. The molecular formula is C14H17NO4. The summed E-state index contributed by atoms with van der Waals surface area (Å²) >= 11 is 0. The van der Waals surface area contributed by atoms with Crippen LogP contribution in [0.15, 0.2) is 18.2 Å². The second kappa shape index (κ2) is 4.74. The van der Waals surface area contributed by atoms with Gasteiger partial charge in [-0.05, 0) is 37.3 Å². The van der Waals surface area contributed by atoms with Gasteiger partial charge in [0.25, 0.3) is 5.91 Å². The molecule has 2 atom stereocenters. The first-order chi connectivity index (χ1) is 9.16. The van der Waals surface area contributed by atoms with Crippen LogP contribution in [0.2, 0.25) is 0 Å². The second-order valence-corrected chi connectivity index (χ2v) is 5.21. The zero-order valence-corrected chi connectivity index (χ0v) is 10.5. The summed E-state index contributed by atoms with van der Waals surface area (Å²) in [5.41, 5.74) is 0.0986. The molecule has 3 rings (SSSR count). The van der Waals surface area contributed by atoms with E-state index in [-0.39, 0.29) is 35.1 Å². The number of amides is 1. The van der Waals surface area contributed by atoms with Crippen molar-refractivity contribution in [2.45, 2.75) is 31.4 Å². The summed E-state index contributed by atoms with van der Waals surface area (Å²) in [5.74, 6) is -0.462. The van der Waals surface area contributed by atoms with Crippen molar-refractivity contribution in [2.24, 2.45) is 5.92 Å². The van der Waals surface area contributed by atoms with Crippen molar-refractivity contribution in [1.82, 2.24) is 5.32 Å². The monoisotopic (exact) mass is 263 g/mol. The molecule has 1 saturated carbocycles. The summed E-state index contributed by atoms with van der Waals surface area (Å²) in [6, 6.07) is 4.37. The van der Waals surface area contributed by atoms with Gasteiger partial charge in [0.15, 0.2) is 11.5 Å². The van der Waals surface area contributed by atoms with Crippen LogP contribution in [0.5, 0.6) is 11.5 Å². The number of benzene rings is 1. The van der Waals surface area contributed by atoms with E-state index in [1.54, 1.807) is 0 Å². The Morgan fingerprint density at radius 3 is 2.79 bits per heavy atom. The van der Waals surface area contributed by atoms with Crippen LogP contribution in [0, 0.1) is 5.92 Å². The van der Waals surface area contributed by atoms with E-state index in [9.17, 15) is 15.0 Å². The molecule has 5 nitrogen and oxygen atoms in total. The molecule has 0 spiro atoms. The number of hydrogen-bond acceptors (Lipinski definition) is 4. The van der Waals surface area contributed by atoms with E-state index in [2.05, 4.69) is 5.32 Å². The highest BCUT2D eigenvalue weighted by atomic mass is 16.5. The fraction of sp³-hybridized carbons (Fsp3) is 0.500. The number of ether oxygens (including phenoxy) is 1. The molecule has 1 saturated heterocycles. The Bertz CT molecular complexity index is 498. The van der Waals surface area contributed by atoms with Crippen molar-refractivity contribution >= 4 is 5.91 Å². The summed E-state index contributed by atoms with van der Waals surface area (Å²) in [4.78, 5) is 12.1. The standard InChI is InChI=1S/C14H17NO4/c16-11-3-1-2-9(12(11)17)14(18)15-10-6-7-19-13(10)8-4-5-8/h1-3,8,10,13,16-17H,4-7H2,(H,15,18). The number of para-hydroxylation sites is 1. The van der Waals surface area contributed by atoms with Crippen molar-refractivity contribution in [3.63, 3.8) is 0 Å². The van der Waals surface area contributed by atoms with Crippen LogP contribution in [-0.2, 0) is 4.74 Å².